The summed E-state index contributed by atoms with van der Waals surface area (Å²) in [4.78, 5) is 15.0. The molecule has 43 heavy (non-hydrogen) atoms. The van der Waals surface area contributed by atoms with Crippen LogP contribution in [-0.4, -0.2) is 44.2 Å². The van der Waals surface area contributed by atoms with Crippen LogP contribution in [-0.2, 0) is 27.1 Å². The number of amides is 1. The predicted molar refractivity (Wildman–Crippen MR) is 175 cm³/mol. The Hall–Kier alpha value is -3.97. The highest BCUT2D eigenvalue weighted by atomic mass is 28.4. The van der Waals surface area contributed by atoms with E-state index in [1.54, 1.807) is 11.0 Å². The summed E-state index contributed by atoms with van der Waals surface area (Å²) in [7, 11) is -2.86. The largest absolute Gasteiger partial charge is 0.441 e. The first-order chi connectivity index (χ1) is 20.8. The van der Waals surface area contributed by atoms with E-state index in [9.17, 15) is 4.79 Å². The standard InChI is InChI=1S/C37H41NO4Si/c1-5-33-35(42-36(39)38(33)26-29-18-10-6-11-19-29)34(40-27-30-20-12-7-13-21-30)28-41-43(37(2,3)4,31-22-14-8-15-23-31)32-24-16-9-17-25-32/h5-25,33-35H,1,26-28H2,2-4H3/t33-,34+,35+/m1/s1. The quantitative estimate of drug-likeness (QED) is 0.136. The Morgan fingerprint density at radius 1 is 0.814 bits per heavy atom. The Morgan fingerprint density at radius 2 is 1.30 bits per heavy atom. The average Bonchev–Trinajstić information content (AvgIpc) is 3.34. The van der Waals surface area contributed by atoms with Crippen molar-refractivity contribution in [2.45, 2.75) is 57.2 Å². The third-order valence-corrected chi connectivity index (χ3v) is 13.2. The van der Waals surface area contributed by atoms with Crippen molar-refractivity contribution in [2.75, 3.05) is 6.61 Å². The maximum Gasteiger partial charge on any atom is 0.411 e. The molecule has 1 fully saturated rings. The highest BCUT2D eigenvalue weighted by molar-refractivity contribution is 6.99. The molecule has 6 heteroatoms. The van der Waals surface area contributed by atoms with Crippen LogP contribution < -0.4 is 10.4 Å². The molecule has 0 radical (unpaired) electrons. The van der Waals surface area contributed by atoms with E-state index in [4.69, 9.17) is 13.9 Å². The SMILES string of the molecule is C=C[C@@H]1[C@@H]([C@H](CO[Si](c2ccccc2)(c2ccccc2)C(C)(C)C)OCc2ccccc2)OC(=O)N1Cc1ccccc1. The maximum absolute atomic E-state index is 13.3. The number of rotatable bonds is 12. The Bertz CT molecular complexity index is 1420. The van der Waals surface area contributed by atoms with Gasteiger partial charge < -0.3 is 13.9 Å². The van der Waals surface area contributed by atoms with E-state index in [0.717, 1.165) is 11.1 Å². The van der Waals surface area contributed by atoms with Gasteiger partial charge in [-0.2, -0.15) is 0 Å². The molecular formula is C37H41NO4Si. The fourth-order valence-electron chi connectivity index (χ4n) is 6.04. The minimum absolute atomic E-state index is 0.205. The van der Waals surface area contributed by atoms with Gasteiger partial charge in [-0.3, -0.25) is 4.90 Å². The highest BCUT2D eigenvalue weighted by Gasteiger charge is 2.52. The van der Waals surface area contributed by atoms with Crippen LogP contribution in [0, 0.1) is 0 Å². The number of hydrogen-bond acceptors (Lipinski definition) is 4. The van der Waals surface area contributed by atoms with Crippen LogP contribution >= 0.6 is 0 Å². The summed E-state index contributed by atoms with van der Waals surface area (Å²) < 4.78 is 20.0. The molecule has 1 saturated heterocycles. The van der Waals surface area contributed by atoms with Crippen LogP contribution in [0.3, 0.4) is 0 Å². The van der Waals surface area contributed by atoms with Crippen molar-refractivity contribution in [1.82, 2.24) is 4.90 Å². The van der Waals surface area contributed by atoms with Gasteiger partial charge in [0.15, 0.2) is 6.10 Å². The van der Waals surface area contributed by atoms with E-state index >= 15 is 0 Å². The van der Waals surface area contributed by atoms with Crippen molar-refractivity contribution in [1.29, 1.82) is 0 Å². The Balaban J connectivity index is 1.50. The molecule has 4 aromatic rings. The van der Waals surface area contributed by atoms with E-state index in [2.05, 4.69) is 75.9 Å². The molecule has 0 bridgehead atoms. The van der Waals surface area contributed by atoms with E-state index < -0.39 is 20.5 Å². The molecule has 4 aromatic carbocycles. The van der Waals surface area contributed by atoms with E-state index in [0.29, 0.717) is 13.2 Å². The summed E-state index contributed by atoms with van der Waals surface area (Å²) in [6, 6.07) is 40.7. The molecule has 1 aliphatic heterocycles. The number of carbonyl (C=O) groups excluding carboxylic acids is 1. The summed E-state index contributed by atoms with van der Waals surface area (Å²) in [5.41, 5.74) is 2.07. The number of cyclic esters (lactones) is 1. The molecule has 0 saturated carbocycles. The van der Waals surface area contributed by atoms with Crippen molar-refractivity contribution >= 4 is 24.8 Å². The van der Waals surface area contributed by atoms with Gasteiger partial charge in [0.25, 0.3) is 8.32 Å². The van der Waals surface area contributed by atoms with Crippen LogP contribution in [0.1, 0.15) is 31.9 Å². The van der Waals surface area contributed by atoms with Gasteiger partial charge in [0.2, 0.25) is 0 Å². The fraction of sp³-hybridized carbons (Fsp3) is 0.270. The van der Waals surface area contributed by atoms with Crippen molar-refractivity contribution in [3.05, 3.63) is 145 Å². The third kappa shape index (κ3) is 6.67. The number of hydrogen-bond donors (Lipinski definition) is 0. The molecule has 1 aliphatic rings. The van der Waals surface area contributed by atoms with Gasteiger partial charge in [0.05, 0.1) is 19.3 Å². The monoisotopic (exact) mass is 591 g/mol. The molecule has 0 unspecified atom stereocenters. The van der Waals surface area contributed by atoms with Gasteiger partial charge in [-0.25, -0.2) is 4.79 Å². The molecule has 3 atom stereocenters. The molecule has 0 aromatic heterocycles. The minimum Gasteiger partial charge on any atom is -0.441 e. The Morgan fingerprint density at radius 3 is 1.79 bits per heavy atom. The summed E-state index contributed by atoms with van der Waals surface area (Å²) >= 11 is 0. The fourth-order valence-corrected chi connectivity index (χ4v) is 10.6. The second-order valence-corrected chi connectivity index (χ2v) is 16.3. The van der Waals surface area contributed by atoms with Crippen LogP contribution in [0.2, 0.25) is 5.04 Å². The molecule has 0 N–H and O–H groups in total. The zero-order valence-corrected chi connectivity index (χ0v) is 26.3. The number of benzene rings is 4. The second-order valence-electron chi connectivity index (χ2n) is 12.0. The van der Waals surface area contributed by atoms with Crippen molar-refractivity contribution in [3.8, 4) is 0 Å². The van der Waals surface area contributed by atoms with Crippen molar-refractivity contribution in [2.24, 2.45) is 0 Å². The second kappa shape index (κ2) is 13.6. The molecular weight excluding hydrogens is 550 g/mol. The van der Waals surface area contributed by atoms with Gasteiger partial charge in [0, 0.05) is 6.54 Å². The summed E-state index contributed by atoms with van der Waals surface area (Å²) in [5.74, 6) is 0. The van der Waals surface area contributed by atoms with Gasteiger partial charge >= 0.3 is 6.09 Å². The summed E-state index contributed by atoms with van der Waals surface area (Å²) in [5, 5.41) is 2.17. The lowest BCUT2D eigenvalue weighted by molar-refractivity contribution is -0.0623. The zero-order valence-electron chi connectivity index (χ0n) is 25.3. The first kappa shape index (κ1) is 30.5. The molecule has 1 amide bonds. The van der Waals surface area contributed by atoms with E-state index in [1.807, 2.05) is 72.8 Å². The molecule has 5 rings (SSSR count). The topological polar surface area (TPSA) is 48.0 Å². The molecule has 222 valence electrons. The number of carbonyl (C=O) groups is 1. The first-order valence-electron chi connectivity index (χ1n) is 14.9. The average molecular weight is 592 g/mol. The number of nitrogens with zero attached hydrogens (tertiary/aromatic N) is 1. The minimum atomic E-state index is -2.86. The van der Waals surface area contributed by atoms with Crippen LogP contribution in [0.15, 0.2) is 134 Å². The highest BCUT2D eigenvalue weighted by Crippen LogP contribution is 2.37. The van der Waals surface area contributed by atoms with Gasteiger partial charge in [-0.05, 0) is 26.5 Å². The molecule has 0 spiro atoms. The molecule has 0 aliphatic carbocycles. The van der Waals surface area contributed by atoms with Crippen molar-refractivity contribution < 1.29 is 18.7 Å². The van der Waals surface area contributed by atoms with Crippen LogP contribution in [0.5, 0.6) is 0 Å². The van der Waals surface area contributed by atoms with Gasteiger partial charge in [-0.15, -0.1) is 6.58 Å². The number of ether oxygens (including phenoxy) is 2. The molecule has 1 heterocycles. The third-order valence-electron chi connectivity index (χ3n) is 8.16. The Labute approximate surface area is 256 Å². The zero-order chi connectivity index (χ0) is 30.3. The first-order valence-corrected chi connectivity index (χ1v) is 16.8. The van der Waals surface area contributed by atoms with Gasteiger partial charge in [-0.1, -0.05) is 148 Å². The van der Waals surface area contributed by atoms with Gasteiger partial charge in [0.1, 0.15) is 6.10 Å². The van der Waals surface area contributed by atoms with Crippen LogP contribution in [0.4, 0.5) is 4.79 Å². The lowest BCUT2D eigenvalue weighted by Crippen LogP contribution is -2.67. The maximum atomic E-state index is 13.3. The predicted octanol–water partition coefficient (Wildman–Crippen LogP) is 6.72. The van der Waals surface area contributed by atoms with Crippen molar-refractivity contribution in [3.63, 3.8) is 0 Å². The molecule has 5 nitrogen and oxygen atoms in total. The lowest BCUT2D eigenvalue weighted by Gasteiger charge is -2.44. The van der Waals surface area contributed by atoms with E-state index in [-0.39, 0.29) is 23.8 Å². The van der Waals surface area contributed by atoms with E-state index in [1.165, 1.54) is 10.4 Å². The lowest BCUT2D eigenvalue weighted by atomic mass is 10.0. The smallest absolute Gasteiger partial charge is 0.411 e. The summed E-state index contributed by atoms with van der Waals surface area (Å²) in [6.07, 6.45) is 0.294. The Kier molecular flexibility index (Phi) is 9.61. The normalized spacial score (nSPS) is 17.8. The van der Waals surface area contributed by atoms with Crippen LogP contribution in [0.25, 0.3) is 0 Å². The summed E-state index contributed by atoms with van der Waals surface area (Å²) in [6.45, 7) is 11.9.